The molecule has 0 aliphatic heterocycles. The highest BCUT2D eigenvalue weighted by atomic mass is 32.2. The predicted octanol–water partition coefficient (Wildman–Crippen LogP) is 3.78. The molecule has 3 rings (SSSR count). The molecule has 0 saturated heterocycles. The molecule has 0 aromatic heterocycles. The van der Waals surface area contributed by atoms with Crippen molar-refractivity contribution < 1.29 is 22.0 Å². The van der Waals surface area contributed by atoms with Gasteiger partial charge in [-0.05, 0) is 54.4 Å². The number of nitrogens with zero attached hydrogens (tertiary/aromatic N) is 1. The summed E-state index contributed by atoms with van der Waals surface area (Å²) in [6.45, 7) is 1.46. The van der Waals surface area contributed by atoms with Gasteiger partial charge in [0.15, 0.2) is 0 Å². The molecule has 0 aliphatic rings. The van der Waals surface area contributed by atoms with Crippen molar-refractivity contribution in [2.75, 3.05) is 6.54 Å². The number of aryl methyl sites for hydroxylation is 1. The number of hydrogen-bond donors (Lipinski definition) is 1. The molecule has 1 amide bonds. The Morgan fingerprint density at radius 2 is 1.35 bits per heavy atom. The third-order valence-electron chi connectivity index (χ3n) is 4.65. The van der Waals surface area contributed by atoms with Crippen molar-refractivity contribution in [3.8, 4) is 0 Å². The van der Waals surface area contributed by atoms with Gasteiger partial charge in [-0.2, -0.15) is 4.31 Å². The van der Waals surface area contributed by atoms with Crippen LogP contribution in [0.1, 0.15) is 16.7 Å². The molecule has 162 valence electrons. The van der Waals surface area contributed by atoms with Crippen LogP contribution in [-0.4, -0.2) is 25.2 Å². The molecule has 0 saturated carbocycles. The molecular weight excluding hydrogens is 422 g/mol. The number of benzene rings is 3. The van der Waals surface area contributed by atoms with Crippen LogP contribution in [0.4, 0.5) is 8.78 Å². The summed E-state index contributed by atoms with van der Waals surface area (Å²) in [5.74, 6) is -1.33. The lowest BCUT2D eigenvalue weighted by atomic mass is 10.2. The lowest BCUT2D eigenvalue weighted by Crippen LogP contribution is -2.40. The van der Waals surface area contributed by atoms with Gasteiger partial charge in [0, 0.05) is 13.1 Å². The molecule has 0 fully saturated rings. The molecule has 0 radical (unpaired) electrons. The van der Waals surface area contributed by atoms with Gasteiger partial charge in [-0.3, -0.25) is 4.79 Å². The Labute approximate surface area is 180 Å². The van der Waals surface area contributed by atoms with Crippen LogP contribution < -0.4 is 5.32 Å². The Balaban J connectivity index is 1.79. The number of sulfonamides is 1. The predicted molar refractivity (Wildman–Crippen MR) is 113 cm³/mol. The van der Waals surface area contributed by atoms with Gasteiger partial charge in [-0.1, -0.05) is 42.0 Å². The Kier molecular flexibility index (Phi) is 7.14. The van der Waals surface area contributed by atoms with E-state index in [1.54, 1.807) is 12.1 Å². The normalized spacial score (nSPS) is 11.5. The maximum atomic E-state index is 13.2. The summed E-state index contributed by atoms with van der Waals surface area (Å²) in [4.78, 5) is 12.6. The number of rotatable bonds is 8. The third-order valence-corrected chi connectivity index (χ3v) is 6.46. The average Bonchev–Trinajstić information content (AvgIpc) is 2.74. The van der Waals surface area contributed by atoms with Crippen molar-refractivity contribution in [2.45, 2.75) is 24.9 Å². The van der Waals surface area contributed by atoms with Crippen LogP contribution in [0.15, 0.2) is 77.7 Å². The van der Waals surface area contributed by atoms with E-state index in [-0.39, 0.29) is 23.8 Å². The van der Waals surface area contributed by atoms with E-state index in [2.05, 4.69) is 5.32 Å². The summed E-state index contributed by atoms with van der Waals surface area (Å²) in [6.07, 6.45) is 0. The first-order valence-corrected chi connectivity index (χ1v) is 11.0. The Hall–Kier alpha value is -3.10. The summed E-state index contributed by atoms with van der Waals surface area (Å²) in [5, 5.41) is 2.65. The van der Waals surface area contributed by atoms with Crippen LogP contribution in [0, 0.1) is 18.6 Å². The van der Waals surface area contributed by atoms with Crippen molar-refractivity contribution in [3.63, 3.8) is 0 Å². The van der Waals surface area contributed by atoms with Gasteiger partial charge < -0.3 is 5.32 Å². The number of hydrogen-bond acceptors (Lipinski definition) is 3. The van der Waals surface area contributed by atoms with Crippen molar-refractivity contribution >= 4 is 15.9 Å². The topological polar surface area (TPSA) is 66.5 Å². The van der Waals surface area contributed by atoms with Crippen molar-refractivity contribution in [3.05, 3.63) is 101 Å². The summed E-state index contributed by atoms with van der Waals surface area (Å²) < 4.78 is 53.7. The monoisotopic (exact) mass is 444 g/mol. The van der Waals surface area contributed by atoms with Crippen LogP contribution in [0.25, 0.3) is 0 Å². The highest BCUT2D eigenvalue weighted by Crippen LogP contribution is 2.19. The number of amides is 1. The average molecular weight is 445 g/mol. The SMILES string of the molecule is Cc1ccc(S(=O)(=O)N(CC(=O)NCc2ccc(F)cc2)Cc2ccc(F)cc2)cc1. The van der Waals surface area contributed by atoms with Gasteiger partial charge in [0.05, 0.1) is 11.4 Å². The Bertz CT molecular complexity index is 1130. The fourth-order valence-electron chi connectivity index (χ4n) is 2.90. The summed E-state index contributed by atoms with van der Waals surface area (Å²) in [5.41, 5.74) is 2.13. The quantitative estimate of drug-likeness (QED) is 0.575. The van der Waals surface area contributed by atoms with E-state index in [0.717, 1.165) is 9.87 Å². The third kappa shape index (κ3) is 6.19. The maximum absolute atomic E-state index is 13.2. The summed E-state index contributed by atoms with van der Waals surface area (Å²) >= 11 is 0. The van der Waals surface area contributed by atoms with Crippen LogP contribution in [0.2, 0.25) is 0 Å². The van der Waals surface area contributed by atoms with E-state index < -0.39 is 28.3 Å². The molecule has 31 heavy (non-hydrogen) atoms. The number of carbonyl (C=O) groups excluding carboxylic acids is 1. The first-order chi connectivity index (χ1) is 14.7. The molecule has 0 atom stereocenters. The lowest BCUT2D eigenvalue weighted by molar-refractivity contribution is -0.121. The van der Waals surface area contributed by atoms with E-state index in [9.17, 15) is 22.0 Å². The summed E-state index contributed by atoms with van der Waals surface area (Å²) in [7, 11) is -3.98. The highest BCUT2D eigenvalue weighted by molar-refractivity contribution is 7.89. The fraction of sp³-hybridized carbons (Fsp3) is 0.174. The minimum Gasteiger partial charge on any atom is -0.351 e. The van der Waals surface area contributed by atoms with Crippen LogP contribution in [0.3, 0.4) is 0 Å². The zero-order chi connectivity index (χ0) is 22.4. The van der Waals surface area contributed by atoms with Crippen molar-refractivity contribution in [2.24, 2.45) is 0 Å². The van der Waals surface area contributed by atoms with Crippen molar-refractivity contribution in [1.82, 2.24) is 9.62 Å². The molecule has 5 nitrogen and oxygen atoms in total. The second-order valence-corrected chi connectivity index (χ2v) is 9.05. The molecule has 0 spiro atoms. The molecule has 8 heteroatoms. The second-order valence-electron chi connectivity index (χ2n) is 7.12. The maximum Gasteiger partial charge on any atom is 0.243 e. The molecule has 0 bridgehead atoms. The fourth-order valence-corrected chi connectivity index (χ4v) is 4.28. The smallest absolute Gasteiger partial charge is 0.243 e. The van der Waals surface area contributed by atoms with Gasteiger partial charge in [0.1, 0.15) is 11.6 Å². The molecule has 0 aliphatic carbocycles. The second kappa shape index (κ2) is 9.80. The molecule has 3 aromatic carbocycles. The van der Waals surface area contributed by atoms with E-state index >= 15 is 0 Å². The van der Waals surface area contributed by atoms with Crippen LogP contribution in [-0.2, 0) is 27.9 Å². The zero-order valence-corrected chi connectivity index (χ0v) is 17.7. The number of nitrogens with one attached hydrogen (secondary N) is 1. The van der Waals surface area contributed by atoms with Gasteiger partial charge in [-0.15, -0.1) is 0 Å². The van der Waals surface area contributed by atoms with E-state index in [4.69, 9.17) is 0 Å². The standard InChI is InChI=1S/C23H22F2N2O3S/c1-17-2-12-22(13-3-17)31(29,30)27(15-19-6-10-21(25)11-7-19)16-23(28)26-14-18-4-8-20(24)9-5-18/h2-13H,14-16H2,1H3,(H,26,28). The molecular formula is C23H22F2N2O3S. The zero-order valence-electron chi connectivity index (χ0n) is 16.9. The van der Waals surface area contributed by atoms with Crippen LogP contribution >= 0.6 is 0 Å². The number of carbonyl (C=O) groups is 1. The van der Waals surface area contributed by atoms with Crippen LogP contribution in [0.5, 0.6) is 0 Å². The first kappa shape index (κ1) is 22.6. The molecule has 0 heterocycles. The minimum absolute atomic E-state index is 0.0616. The molecule has 3 aromatic rings. The largest absolute Gasteiger partial charge is 0.351 e. The number of halogens is 2. The lowest BCUT2D eigenvalue weighted by Gasteiger charge is -2.22. The first-order valence-electron chi connectivity index (χ1n) is 9.56. The van der Waals surface area contributed by atoms with Gasteiger partial charge in [-0.25, -0.2) is 17.2 Å². The van der Waals surface area contributed by atoms with E-state index in [1.165, 1.54) is 60.7 Å². The van der Waals surface area contributed by atoms with Gasteiger partial charge in [0.25, 0.3) is 0 Å². The Morgan fingerprint density at radius 3 is 1.90 bits per heavy atom. The van der Waals surface area contributed by atoms with E-state index in [1.807, 2.05) is 6.92 Å². The van der Waals surface area contributed by atoms with Gasteiger partial charge in [0.2, 0.25) is 15.9 Å². The highest BCUT2D eigenvalue weighted by Gasteiger charge is 2.27. The molecule has 1 N–H and O–H groups in total. The summed E-state index contributed by atoms with van der Waals surface area (Å²) in [6, 6.07) is 17.4. The van der Waals surface area contributed by atoms with Crippen molar-refractivity contribution in [1.29, 1.82) is 0 Å². The Morgan fingerprint density at radius 1 is 0.839 bits per heavy atom. The molecule has 0 unspecified atom stereocenters. The minimum atomic E-state index is -3.98. The van der Waals surface area contributed by atoms with E-state index in [0.29, 0.717) is 11.1 Å². The van der Waals surface area contributed by atoms with Gasteiger partial charge >= 0.3 is 0 Å².